The van der Waals surface area contributed by atoms with Gasteiger partial charge in [-0.25, -0.2) is 0 Å². The topological polar surface area (TPSA) is 90.7 Å². The van der Waals surface area contributed by atoms with Crippen LogP contribution < -0.4 is 14.8 Å². The molecule has 190 valence electrons. The normalized spacial score (nSPS) is 11.8. The number of ether oxygens (including phenoxy) is 2. The first kappa shape index (κ1) is 25.1. The summed E-state index contributed by atoms with van der Waals surface area (Å²) in [6.07, 6.45) is 3.26. The molecule has 0 atom stereocenters. The Hall–Kier alpha value is -4.56. The highest BCUT2D eigenvalue weighted by molar-refractivity contribution is 7.99. The zero-order valence-corrected chi connectivity index (χ0v) is 21.6. The molecule has 7 nitrogen and oxygen atoms in total. The van der Waals surface area contributed by atoms with Gasteiger partial charge in [-0.3, -0.25) is 14.9 Å². The largest absolute Gasteiger partial charge is 0.496 e. The molecule has 1 aliphatic heterocycles. The number of nitro groups is 1. The van der Waals surface area contributed by atoms with Gasteiger partial charge in [-0.05, 0) is 72.7 Å². The van der Waals surface area contributed by atoms with Crippen molar-refractivity contribution >= 4 is 40.7 Å². The van der Waals surface area contributed by atoms with Gasteiger partial charge in [0.25, 0.3) is 0 Å². The highest BCUT2D eigenvalue weighted by Crippen LogP contribution is 2.44. The molecule has 0 spiro atoms. The fourth-order valence-electron chi connectivity index (χ4n) is 4.12. The number of ketones is 1. The molecule has 4 aromatic carbocycles. The van der Waals surface area contributed by atoms with Crippen LogP contribution in [0.4, 0.5) is 17.1 Å². The van der Waals surface area contributed by atoms with E-state index in [9.17, 15) is 14.9 Å². The van der Waals surface area contributed by atoms with E-state index in [-0.39, 0.29) is 23.8 Å². The third-order valence-corrected chi connectivity index (χ3v) is 7.22. The Kier molecular flexibility index (Phi) is 7.15. The first-order valence-corrected chi connectivity index (χ1v) is 12.7. The van der Waals surface area contributed by atoms with Crippen molar-refractivity contribution in [2.24, 2.45) is 0 Å². The third kappa shape index (κ3) is 5.40. The molecule has 0 bridgehead atoms. The van der Waals surface area contributed by atoms with Crippen molar-refractivity contribution in [3.05, 3.63) is 117 Å². The summed E-state index contributed by atoms with van der Waals surface area (Å²) in [5.74, 6) is 0.643. The van der Waals surface area contributed by atoms with E-state index in [0.29, 0.717) is 16.9 Å². The number of fused-ring (bicyclic) bond motifs is 2. The number of benzene rings is 4. The smallest absolute Gasteiger partial charge is 0.311 e. The number of aryl methyl sites for hydroxylation is 1. The van der Waals surface area contributed by atoms with E-state index in [1.54, 1.807) is 50.1 Å². The molecule has 8 heteroatoms. The third-order valence-electron chi connectivity index (χ3n) is 6.07. The summed E-state index contributed by atoms with van der Waals surface area (Å²) in [6.45, 7) is 1.86. The monoisotopic (exact) mass is 524 g/mol. The molecule has 0 amide bonds. The molecule has 0 radical (unpaired) electrons. The first-order valence-electron chi connectivity index (χ1n) is 11.9. The fourth-order valence-corrected chi connectivity index (χ4v) is 5.09. The van der Waals surface area contributed by atoms with Gasteiger partial charge < -0.3 is 14.8 Å². The number of nitrogens with one attached hydrogen (secondary N) is 1. The van der Waals surface area contributed by atoms with Crippen LogP contribution in [0.25, 0.3) is 6.08 Å². The number of hydrogen-bond donors (Lipinski definition) is 1. The van der Waals surface area contributed by atoms with Gasteiger partial charge >= 0.3 is 5.69 Å². The van der Waals surface area contributed by atoms with Gasteiger partial charge in [0.2, 0.25) is 0 Å². The molecule has 0 aromatic heterocycles. The average molecular weight is 525 g/mol. The minimum atomic E-state index is -0.460. The second-order valence-corrected chi connectivity index (χ2v) is 9.80. The van der Waals surface area contributed by atoms with Crippen LogP contribution in [0, 0.1) is 17.0 Å². The lowest BCUT2D eigenvalue weighted by Gasteiger charge is -2.20. The molecule has 0 saturated carbocycles. The first-order chi connectivity index (χ1) is 18.4. The molecule has 1 aliphatic rings. The molecule has 0 fully saturated rings. The number of methoxy groups -OCH3 is 1. The summed E-state index contributed by atoms with van der Waals surface area (Å²) >= 11 is 1.67. The molecule has 4 aromatic rings. The summed E-state index contributed by atoms with van der Waals surface area (Å²) in [4.78, 5) is 26.1. The second kappa shape index (κ2) is 10.8. The number of rotatable bonds is 8. The summed E-state index contributed by atoms with van der Waals surface area (Å²) in [6, 6.07) is 24.0. The number of hydrogen-bond acceptors (Lipinski definition) is 7. The van der Waals surface area contributed by atoms with Crippen LogP contribution in [0.15, 0.2) is 94.7 Å². The lowest BCUT2D eigenvalue weighted by Crippen LogP contribution is -2.02. The van der Waals surface area contributed by atoms with Gasteiger partial charge in [0.1, 0.15) is 12.4 Å². The van der Waals surface area contributed by atoms with Crippen LogP contribution in [-0.4, -0.2) is 17.8 Å². The molecule has 38 heavy (non-hydrogen) atoms. The number of para-hydroxylation sites is 1. The van der Waals surface area contributed by atoms with Crippen LogP contribution >= 0.6 is 11.8 Å². The van der Waals surface area contributed by atoms with Crippen LogP contribution in [0.2, 0.25) is 0 Å². The zero-order valence-electron chi connectivity index (χ0n) is 20.8. The maximum atomic E-state index is 13.0. The molecule has 1 N–H and O–H groups in total. The number of anilines is 2. The van der Waals surface area contributed by atoms with E-state index in [1.165, 1.54) is 12.1 Å². The Morgan fingerprint density at radius 2 is 1.76 bits per heavy atom. The number of carbonyl (C=O) groups excluding carboxylic acids is 1. The highest BCUT2D eigenvalue weighted by Gasteiger charge is 2.18. The summed E-state index contributed by atoms with van der Waals surface area (Å²) in [5.41, 5.74) is 4.67. The van der Waals surface area contributed by atoms with Gasteiger partial charge in [0, 0.05) is 27.0 Å². The van der Waals surface area contributed by atoms with Crippen LogP contribution in [0.5, 0.6) is 11.5 Å². The van der Waals surface area contributed by atoms with E-state index >= 15 is 0 Å². The van der Waals surface area contributed by atoms with Gasteiger partial charge in [0.05, 0.1) is 23.4 Å². The van der Waals surface area contributed by atoms with E-state index < -0.39 is 4.92 Å². The van der Waals surface area contributed by atoms with Crippen LogP contribution in [0.1, 0.15) is 27.0 Å². The minimum Gasteiger partial charge on any atom is -0.496 e. The lowest BCUT2D eigenvalue weighted by molar-refractivity contribution is -0.386. The molecule has 0 aliphatic carbocycles. The van der Waals surface area contributed by atoms with E-state index in [0.717, 1.165) is 32.3 Å². The second-order valence-electron chi connectivity index (χ2n) is 8.72. The highest BCUT2D eigenvalue weighted by atomic mass is 32.2. The summed E-state index contributed by atoms with van der Waals surface area (Å²) in [7, 11) is 1.55. The Morgan fingerprint density at radius 1 is 0.974 bits per heavy atom. The van der Waals surface area contributed by atoms with Gasteiger partial charge in [0.15, 0.2) is 11.5 Å². The predicted molar refractivity (Wildman–Crippen MR) is 149 cm³/mol. The summed E-state index contributed by atoms with van der Waals surface area (Å²) in [5, 5.41) is 14.8. The lowest BCUT2D eigenvalue weighted by atomic mass is 10.1. The summed E-state index contributed by atoms with van der Waals surface area (Å²) < 4.78 is 11.2. The standard InChI is InChI=1S/C30H24N2O5S/c1-19-7-12-28(25(15-19)32(34)35)37-18-22-16-20(9-13-27(22)36-2)8-11-26(33)21-10-14-30-24(17-21)31-23-5-3-4-6-29(23)38-30/h3-17,31H,18H2,1-2H3/b11-8+. The van der Waals surface area contributed by atoms with Crippen molar-refractivity contribution in [2.75, 3.05) is 12.4 Å². The van der Waals surface area contributed by atoms with Gasteiger partial charge in [-0.15, -0.1) is 0 Å². The van der Waals surface area contributed by atoms with Crippen LogP contribution in [0.3, 0.4) is 0 Å². The average Bonchev–Trinajstić information content (AvgIpc) is 2.93. The maximum absolute atomic E-state index is 13.0. The van der Waals surface area contributed by atoms with E-state index in [2.05, 4.69) is 11.4 Å². The van der Waals surface area contributed by atoms with E-state index in [1.807, 2.05) is 48.5 Å². The van der Waals surface area contributed by atoms with Crippen LogP contribution in [-0.2, 0) is 6.61 Å². The molecule has 0 unspecified atom stereocenters. The molecule has 5 rings (SSSR count). The number of nitro benzene ring substituents is 1. The predicted octanol–water partition coefficient (Wildman–Crippen LogP) is 7.60. The minimum absolute atomic E-state index is 0.0678. The molecule has 1 heterocycles. The van der Waals surface area contributed by atoms with Gasteiger partial charge in [-0.1, -0.05) is 42.1 Å². The van der Waals surface area contributed by atoms with E-state index in [4.69, 9.17) is 9.47 Å². The fraction of sp³-hybridized carbons (Fsp3) is 0.100. The van der Waals surface area contributed by atoms with Crippen molar-refractivity contribution in [3.8, 4) is 11.5 Å². The Labute approximate surface area is 224 Å². The Balaban J connectivity index is 1.32. The van der Waals surface area contributed by atoms with Crippen molar-refractivity contribution < 1.29 is 19.2 Å². The Bertz CT molecular complexity index is 1580. The molecular weight excluding hydrogens is 500 g/mol. The zero-order chi connectivity index (χ0) is 26.6. The van der Waals surface area contributed by atoms with Gasteiger partial charge in [-0.2, -0.15) is 0 Å². The molecular formula is C30H24N2O5S. The number of allylic oxidation sites excluding steroid dienone is 1. The maximum Gasteiger partial charge on any atom is 0.311 e. The number of carbonyl (C=O) groups is 1. The van der Waals surface area contributed by atoms with Crippen molar-refractivity contribution in [2.45, 2.75) is 23.3 Å². The van der Waals surface area contributed by atoms with Crippen molar-refractivity contribution in [1.29, 1.82) is 0 Å². The van der Waals surface area contributed by atoms with Crippen molar-refractivity contribution in [1.82, 2.24) is 0 Å². The SMILES string of the molecule is COc1ccc(/C=C/C(=O)c2ccc3c(c2)Nc2ccccc2S3)cc1COc1ccc(C)cc1[N+](=O)[O-]. The molecule has 0 saturated heterocycles. The number of nitrogens with zero attached hydrogens (tertiary/aromatic N) is 1. The quantitative estimate of drug-likeness (QED) is 0.0967. The van der Waals surface area contributed by atoms with Crippen molar-refractivity contribution in [3.63, 3.8) is 0 Å². The Morgan fingerprint density at radius 3 is 2.58 bits per heavy atom.